The predicted octanol–water partition coefficient (Wildman–Crippen LogP) is 1.63. The van der Waals surface area contributed by atoms with Crippen LogP contribution < -0.4 is 5.73 Å². The molecule has 1 saturated carbocycles. The number of ether oxygens (including phenoxy) is 1. The molecule has 0 heterocycles. The fraction of sp³-hybridized carbons (Fsp3) is 0.929. The van der Waals surface area contributed by atoms with Crippen LogP contribution in [0.4, 0.5) is 0 Å². The number of rotatable bonds is 6. The molecule has 1 aliphatic rings. The molecule has 0 aliphatic heterocycles. The van der Waals surface area contributed by atoms with Crippen molar-refractivity contribution in [3.63, 3.8) is 0 Å². The van der Waals surface area contributed by atoms with E-state index in [0.717, 1.165) is 12.5 Å². The summed E-state index contributed by atoms with van der Waals surface area (Å²) in [5.74, 6) is 1.15. The molecular weight excluding hydrogens is 228 g/mol. The monoisotopic (exact) mass is 256 g/mol. The molecule has 0 aromatic heterocycles. The molecule has 0 aromatic carbocycles. The number of nitrogens with two attached hydrogens (primary N) is 1. The summed E-state index contributed by atoms with van der Waals surface area (Å²) in [5, 5.41) is 0. The standard InChI is InChI=1S/C14H28N2O2/c1-4-5-11-6-7-12(9-15)13(8-11)16(2)10-14(17)18-3/h11-13H,4-10,15H2,1-3H3. The second-order valence-corrected chi connectivity index (χ2v) is 5.52. The quantitative estimate of drug-likeness (QED) is 0.734. The van der Waals surface area contributed by atoms with Crippen LogP contribution in [0.15, 0.2) is 0 Å². The molecule has 3 atom stereocenters. The molecule has 1 fully saturated rings. The molecule has 106 valence electrons. The number of carbonyl (C=O) groups is 1. The normalized spacial score (nSPS) is 28.4. The van der Waals surface area contributed by atoms with E-state index in [1.807, 2.05) is 7.05 Å². The SMILES string of the molecule is CCCC1CCC(CN)C(N(C)CC(=O)OC)C1. The fourth-order valence-corrected chi connectivity index (χ4v) is 3.16. The molecule has 3 unspecified atom stereocenters. The van der Waals surface area contributed by atoms with E-state index in [4.69, 9.17) is 10.5 Å². The molecule has 1 rings (SSSR count). The van der Waals surface area contributed by atoms with Gasteiger partial charge in [0.1, 0.15) is 0 Å². The Labute approximate surface area is 111 Å². The first-order valence-electron chi connectivity index (χ1n) is 7.09. The summed E-state index contributed by atoms with van der Waals surface area (Å²) in [7, 11) is 3.45. The molecule has 0 bridgehead atoms. The third kappa shape index (κ3) is 4.25. The second kappa shape index (κ2) is 7.74. The van der Waals surface area contributed by atoms with Crippen LogP contribution in [0, 0.1) is 11.8 Å². The molecule has 1 aliphatic carbocycles. The van der Waals surface area contributed by atoms with Crippen LogP contribution in [-0.2, 0) is 9.53 Å². The van der Waals surface area contributed by atoms with Gasteiger partial charge >= 0.3 is 5.97 Å². The minimum Gasteiger partial charge on any atom is -0.468 e. The average Bonchev–Trinajstić information content (AvgIpc) is 2.38. The van der Waals surface area contributed by atoms with E-state index in [0.29, 0.717) is 18.5 Å². The van der Waals surface area contributed by atoms with Crippen molar-refractivity contribution >= 4 is 5.97 Å². The Balaban J connectivity index is 2.58. The van der Waals surface area contributed by atoms with Gasteiger partial charge in [-0.1, -0.05) is 26.2 Å². The summed E-state index contributed by atoms with van der Waals surface area (Å²) in [4.78, 5) is 13.5. The number of carbonyl (C=O) groups excluding carboxylic acids is 1. The Hall–Kier alpha value is -0.610. The van der Waals surface area contributed by atoms with E-state index in [-0.39, 0.29) is 5.97 Å². The lowest BCUT2D eigenvalue weighted by Crippen LogP contribution is -2.47. The Morgan fingerprint density at radius 1 is 1.44 bits per heavy atom. The van der Waals surface area contributed by atoms with Gasteiger partial charge in [0.25, 0.3) is 0 Å². The van der Waals surface area contributed by atoms with Crippen molar-refractivity contribution in [3.05, 3.63) is 0 Å². The van der Waals surface area contributed by atoms with Crippen LogP contribution in [0.5, 0.6) is 0 Å². The molecule has 0 amide bonds. The molecule has 4 heteroatoms. The molecule has 0 saturated heterocycles. The van der Waals surface area contributed by atoms with Gasteiger partial charge in [0.05, 0.1) is 13.7 Å². The van der Waals surface area contributed by atoms with Crippen LogP contribution in [0.25, 0.3) is 0 Å². The van der Waals surface area contributed by atoms with Crippen molar-refractivity contribution in [3.8, 4) is 0 Å². The number of likely N-dealkylation sites (N-methyl/N-ethyl adjacent to an activating group) is 1. The van der Waals surface area contributed by atoms with Gasteiger partial charge in [-0.05, 0) is 38.3 Å². The largest absolute Gasteiger partial charge is 0.468 e. The van der Waals surface area contributed by atoms with E-state index in [2.05, 4.69) is 11.8 Å². The van der Waals surface area contributed by atoms with Gasteiger partial charge in [0.2, 0.25) is 0 Å². The highest BCUT2D eigenvalue weighted by molar-refractivity contribution is 5.71. The van der Waals surface area contributed by atoms with Crippen molar-refractivity contribution < 1.29 is 9.53 Å². The Morgan fingerprint density at radius 3 is 2.72 bits per heavy atom. The predicted molar refractivity (Wildman–Crippen MR) is 73.2 cm³/mol. The minimum absolute atomic E-state index is 0.161. The zero-order valence-electron chi connectivity index (χ0n) is 12.0. The van der Waals surface area contributed by atoms with Gasteiger partial charge in [-0.25, -0.2) is 0 Å². The van der Waals surface area contributed by atoms with Crippen LogP contribution in [0.1, 0.15) is 39.0 Å². The topological polar surface area (TPSA) is 55.6 Å². The van der Waals surface area contributed by atoms with E-state index in [9.17, 15) is 4.79 Å². The summed E-state index contributed by atoms with van der Waals surface area (Å²) in [6, 6.07) is 0.430. The summed E-state index contributed by atoms with van der Waals surface area (Å²) >= 11 is 0. The molecular formula is C14H28N2O2. The summed E-state index contributed by atoms with van der Waals surface area (Å²) < 4.78 is 4.74. The van der Waals surface area contributed by atoms with Gasteiger partial charge in [0.15, 0.2) is 0 Å². The lowest BCUT2D eigenvalue weighted by molar-refractivity contribution is -0.142. The third-order valence-corrected chi connectivity index (χ3v) is 4.24. The molecule has 0 aromatic rings. The Bertz CT molecular complexity index is 258. The Morgan fingerprint density at radius 2 is 2.17 bits per heavy atom. The highest BCUT2D eigenvalue weighted by atomic mass is 16.5. The maximum absolute atomic E-state index is 11.4. The first-order valence-corrected chi connectivity index (χ1v) is 7.09. The van der Waals surface area contributed by atoms with Gasteiger partial charge in [-0.2, -0.15) is 0 Å². The summed E-state index contributed by atoms with van der Waals surface area (Å²) in [5.41, 5.74) is 5.87. The minimum atomic E-state index is -0.161. The van der Waals surface area contributed by atoms with Crippen LogP contribution in [0.2, 0.25) is 0 Å². The molecule has 2 N–H and O–H groups in total. The molecule has 0 spiro atoms. The summed E-state index contributed by atoms with van der Waals surface area (Å²) in [6.07, 6.45) is 6.18. The lowest BCUT2D eigenvalue weighted by atomic mass is 9.76. The van der Waals surface area contributed by atoms with E-state index < -0.39 is 0 Å². The zero-order chi connectivity index (χ0) is 13.5. The van der Waals surface area contributed by atoms with Gasteiger partial charge in [0, 0.05) is 6.04 Å². The van der Waals surface area contributed by atoms with Gasteiger partial charge < -0.3 is 10.5 Å². The van der Waals surface area contributed by atoms with Crippen molar-refractivity contribution in [1.29, 1.82) is 0 Å². The van der Waals surface area contributed by atoms with Crippen molar-refractivity contribution in [2.45, 2.75) is 45.1 Å². The van der Waals surface area contributed by atoms with Crippen LogP contribution in [0.3, 0.4) is 0 Å². The smallest absolute Gasteiger partial charge is 0.319 e. The van der Waals surface area contributed by atoms with E-state index >= 15 is 0 Å². The van der Waals surface area contributed by atoms with Gasteiger partial charge in [-0.3, -0.25) is 9.69 Å². The highest BCUT2D eigenvalue weighted by Gasteiger charge is 2.32. The zero-order valence-corrected chi connectivity index (χ0v) is 12.0. The van der Waals surface area contributed by atoms with Crippen LogP contribution in [-0.4, -0.2) is 44.2 Å². The number of esters is 1. The fourth-order valence-electron chi connectivity index (χ4n) is 3.16. The number of nitrogens with zero attached hydrogens (tertiary/aromatic N) is 1. The number of hydrogen-bond acceptors (Lipinski definition) is 4. The second-order valence-electron chi connectivity index (χ2n) is 5.52. The summed E-state index contributed by atoms with van der Waals surface area (Å²) in [6.45, 7) is 3.33. The molecule has 4 nitrogen and oxygen atoms in total. The van der Waals surface area contributed by atoms with Crippen molar-refractivity contribution in [2.75, 3.05) is 27.2 Å². The maximum atomic E-state index is 11.4. The van der Waals surface area contributed by atoms with Crippen molar-refractivity contribution in [2.24, 2.45) is 17.6 Å². The molecule has 18 heavy (non-hydrogen) atoms. The number of hydrogen-bond donors (Lipinski definition) is 1. The number of methoxy groups -OCH3 is 1. The van der Waals surface area contributed by atoms with Crippen molar-refractivity contribution in [1.82, 2.24) is 4.90 Å². The third-order valence-electron chi connectivity index (χ3n) is 4.24. The lowest BCUT2D eigenvalue weighted by Gasteiger charge is -2.40. The average molecular weight is 256 g/mol. The first kappa shape index (κ1) is 15.4. The molecule has 0 radical (unpaired) electrons. The Kier molecular flexibility index (Phi) is 6.65. The van der Waals surface area contributed by atoms with Gasteiger partial charge in [-0.15, -0.1) is 0 Å². The van der Waals surface area contributed by atoms with E-state index in [1.54, 1.807) is 0 Å². The maximum Gasteiger partial charge on any atom is 0.319 e. The first-order chi connectivity index (χ1) is 8.62. The highest BCUT2D eigenvalue weighted by Crippen LogP contribution is 2.33. The van der Waals surface area contributed by atoms with E-state index in [1.165, 1.54) is 39.2 Å². The van der Waals surface area contributed by atoms with Crippen LogP contribution >= 0.6 is 0 Å².